The molecule has 0 aromatic carbocycles. The summed E-state index contributed by atoms with van der Waals surface area (Å²) in [4.78, 5) is 31.1. The Hall–Kier alpha value is -1.63. The van der Waals surface area contributed by atoms with Crippen molar-refractivity contribution in [2.75, 3.05) is 11.9 Å². The lowest BCUT2D eigenvalue weighted by Crippen LogP contribution is -2.39. The summed E-state index contributed by atoms with van der Waals surface area (Å²) in [5, 5.41) is 3.52. The lowest BCUT2D eigenvalue weighted by molar-refractivity contribution is -0.117. The fraction of sp³-hybridized carbons (Fsp3) is 0.667. The van der Waals surface area contributed by atoms with Crippen LogP contribution in [0, 0.1) is 5.92 Å². The largest absolute Gasteiger partial charge is 0.444 e. The van der Waals surface area contributed by atoms with Crippen LogP contribution in [0.2, 0.25) is 0 Å². The number of carbonyl (C=O) groups excluding carboxylic acids is 2. The summed E-state index contributed by atoms with van der Waals surface area (Å²) in [5.41, 5.74) is 0.491. The number of hydrogen-bond donors (Lipinski definition) is 1. The quantitative estimate of drug-likeness (QED) is 0.908. The zero-order valence-electron chi connectivity index (χ0n) is 13.1. The molecular formula is C15H21N3O3S. The highest BCUT2D eigenvalue weighted by molar-refractivity contribution is 7.15. The van der Waals surface area contributed by atoms with E-state index in [1.807, 2.05) is 20.8 Å². The number of hydrogen-bond acceptors (Lipinski definition) is 5. The molecule has 3 rings (SSSR count). The minimum Gasteiger partial charge on any atom is -0.444 e. The normalized spacial score (nSPS) is 17.9. The molecule has 120 valence electrons. The van der Waals surface area contributed by atoms with Crippen LogP contribution in [0.3, 0.4) is 0 Å². The first-order valence-corrected chi connectivity index (χ1v) is 8.41. The number of anilines is 1. The fourth-order valence-electron chi connectivity index (χ4n) is 2.28. The van der Waals surface area contributed by atoms with Crippen molar-refractivity contribution in [1.82, 2.24) is 9.88 Å². The van der Waals surface area contributed by atoms with Crippen LogP contribution >= 0.6 is 11.3 Å². The lowest BCUT2D eigenvalue weighted by atomic mass is 10.2. The van der Waals surface area contributed by atoms with E-state index in [1.54, 1.807) is 4.90 Å². The number of ether oxygens (including phenoxy) is 1. The molecule has 1 aliphatic carbocycles. The first-order valence-electron chi connectivity index (χ1n) is 7.59. The Morgan fingerprint density at radius 1 is 1.36 bits per heavy atom. The summed E-state index contributed by atoms with van der Waals surface area (Å²) < 4.78 is 5.40. The Morgan fingerprint density at radius 3 is 2.73 bits per heavy atom. The number of fused-ring (bicyclic) bond motifs is 1. The third-order valence-corrected chi connectivity index (χ3v) is 4.56. The number of aromatic nitrogens is 1. The minimum atomic E-state index is -0.492. The van der Waals surface area contributed by atoms with E-state index in [0.717, 1.165) is 23.4 Å². The second-order valence-electron chi connectivity index (χ2n) is 6.80. The highest BCUT2D eigenvalue weighted by atomic mass is 32.1. The van der Waals surface area contributed by atoms with Gasteiger partial charge in [0.2, 0.25) is 5.91 Å². The second kappa shape index (κ2) is 5.53. The van der Waals surface area contributed by atoms with Crippen molar-refractivity contribution in [3.63, 3.8) is 0 Å². The molecule has 0 spiro atoms. The molecule has 7 heteroatoms. The van der Waals surface area contributed by atoms with Crippen LogP contribution in [0.15, 0.2) is 0 Å². The van der Waals surface area contributed by atoms with E-state index in [9.17, 15) is 9.59 Å². The van der Waals surface area contributed by atoms with E-state index in [4.69, 9.17) is 4.74 Å². The number of nitrogens with one attached hydrogen (secondary N) is 1. The van der Waals surface area contributed by atoms with Crippen LogP contribution in [-0.2, 0) is 22.5 Å². The van der Waals surface area contributed by atoms with Gasteiger partial charge in [-0.3, -0.25) is 4.79 Å². The van der Waals surface area contributed by atoms with Gasteiger partial charge in [-0.2, -0.15) is 0 Å². The maximum atomic E-state index is 12.1. The topological polar surface area (TPSA) is 71.5 Å². The Kier molecular flexibility index (Phi) is 3.84. The summed E-state index contributed by atoms with van der Waals surface area (Å²) in [6.45, 7) is 6.68. The van der Waals surface area contributed by atoms with Crippen molar-refractivity contribution in [2.45, 2.75) is 52.2 Å². The van der Waals surface area contributed by atoms with Crippen LogP contribution in [0.5, 0.6) is 0 Å². The fourth-order valence-corrected chi connectivity index (χ4v) is 3.31. The van der Waals surface area contributed by atoms with Gasteiger partial charge in [-0.15, -0.1) is 0 Å². The number of nitrogens with zero attached hydrogens (tertiary/aromatic N) is 2. The first-order chi connectivity index (χ1) is 10.3. The Balaban J connectivity index is 1.64. The van der Waals surface area contributed by atoms with Gasteiger partial charge in [0.05, 0.1) is 12.2 Å². The van der Waals surface area contributed by atoms with Crippen molar-refractivity contribution in [2.24, 2.45) is 5.92 Å². The molecule has 1 aromatic rings. The summed E-state index contributed by atoms with van der Waals surface area (Å²) in [5.74, 6) is 0.231. The van der Waals surface area contributed by atoms with E-state index < -0.39 is 5.60 Å². The van der Waals surface area contributed by atoms with Crippen molar-refractivity contribution in [3.05, 3.63) is 10.6 Å². The monoisotopic (exact) mass is 323 g/mol. The van der Waals surface area contributed by atoms with Crippen LogP contribution in [0.1, 0.15) is 44.2 Å². The van der Waals surface area contributed by atoms with Gasteiger partial charge in [0.15, 0.2) is 5.13 Å². The predicted octanol–water partition coefficient (Wildman–Crippen LogP) is 2.78. The van der Waals surface area contributed by atoms with Gasteiger partial charge in [-0.25, -0.2) is 9.78 Å². The number of thiazole rings is 1. The van der Waals surface area contributed by atoms with Gasteiger partial charge in [0.25, 0.3) is 0 Å². The molecule has 0 unspecified atom stereocenters. The Labute approximate surface area is 133 Å². The molecule has 22 heavy (non-hydrogen) atoms. The van der Waals surface area contributed by atoms with E-state index in [1.165, 1.54) is 11.3 Å². The molecule has 2 amide bonds. The molecule has 2 heterocycles. The number of amides is 2. The molecule has 0 radical (unpaired) electrons. The van der Waals surface area contributed by atoms with Crippen molar-refractivity contribution >= 4 is 28.5 Å². The van der Waals surface area contributed by atoms with Crippen LogP contribution in [0.4, 0.5) is 9.93 Å². The van der Waals surface area contributed by atoms with Crippen molar-refractivity contribution in [1.29, 1.82) is 0 Å². The van der Waals surface area contributed by atoms with E-state index in [-0.39, 0.29) is 17.9 Å². The maximum Gasteiger partial charge on any atom is 0.410 e. The summed E-state index contributed by atoms with van der Waals surface area (Å²) >= 11 is 1.46. The van der Waals surface area contributed by atoms with Crippen molar-refractivity contribution < 1.29 is 14.3 Å². The molecule has 1 saturated carbocycles. The third kappa shape index (κ3) is 3.58. The molecule has 1 fully saturated rings. The average Bonchev–Trinajstić information content (AvgIpc) is 3.17. The first kappa shape index (κ1) is 15.3. The molecule has 1 N–H and O–H groups in total. The molecule has 6 nitrogen and oxygen atoms in total. The highest BCUT2D eigenvalue weighted by Gasteiger charge is 2.31. The van der Waals surface area contributed by atoms with Gasteiger partial charge < -0.3 is 15.0 Å². The lowest BCUT2D eigenvalue weighted by Gasteiger charge is -2.29. The molecule has 2 aliphatic rings. The van der Waals surface area contributed by atoms with Crippen molar-refractivity contribution in [3.8, 4) is 0 Å². The summed E-state index contributed by atoms with van der Waals surface area (Å²) in [7, 11) is 0. The van der Waals surface area contributed by atoms with Gasteiger partial charge in [0, 0.05) is 23.8 Å². The molecular weight excluding hydrogens is 302 g/mol. The van der Waals surface area contributed by atoms with Gasteiger partial charge in [-0.1, -0.05) is 11.3 Å². The predicted molar refractivity (Wildman–Crippen MR) is 83.8 cm³/mol. The Morgan fingerprint density at radius 2 is 2.09 bits per heavy atom. The third-order valence-electron chi connectivity index (χ3n) is 3.56. The standard InChI is InChI=1S/C15H21N3O3S/c1-15(2,3)21-14(20)18-7-6-10-11(8-18)22-13(16-10)17-12(19)9-4-5-9/h9H,4-8H2,1-3H3,(H,16,17,19). The molecule has 0 bridgehead atoms. The zero-order valence-corrected chi connectivity index (χ0v) is 14.0. The van der Waals surface area contributed by atoms with Gasteiger partial charge in [0.1, 0.15) is 5.60 Å². The molecule has 1 aliphatic heterocycles. The molecule has 1 aromatic heterocycles. The number of carbonyl (C=O) groups is 2. The zero-order chi connectivity index (χ0) is 15.9. The van der Waals surface area contributed by atoms with E-state index in [0.29, 0.717) is 24.6 Å². The SMILES string of the molecule is CC(C)(C)OC(=O)N1CCc2nc(NC(=O)C3CC3)sc2C1. The molecule has 0 saturated heterocycles. The van der Waals surface area contributed by atoms with Gasteiger partial charge in [-0.05, 0) is 33.6 Å². The van der Waals surface area contributed by atoms with E-state index >= 15 is 0 Å². The highest BCUT2D eigenvalue weighted by Crippen LogP contribution is 2.33. The number of rotatable bonds is 2. The molecule has 0 atom stereocenters. The Bertz CT molecular complexity index is 602. The van der Waals surface area contributed by atoms with E-state index in [2.05, 4.69) is 10.3 Å². The smallest absolute Gasteiger partial charge is 0.410 e. The maximum absolute atomic E-state index is 12.1. The van der Waals surface area contributed by atoms with Crippen LogP contribution in [-0.4, -0.2) is 34.0 Å². The van der Waals surface area contributed by atoms with Gasteiger partial charge >= 0.3 is 6.09 Å². The summed E-state index contributed by atoms with van der Waals surface area (Å²) in [6, 6.07) is 0. The average molecular weight is 323 g/mol. The summed E-state index contributed by atoms with van der Waals surface area (Å²) in [6.07, 6.45) is 2.35. The van der Waals surface area contributed by atoms with Crippen LogP contribution < -0.4 is 5.32 Å². The second-order valence-corrected chi connectivity index (χ2v) is 7.89. The van der Waals surface area contributed by atoms with Crippen LogP contribution in [0.25, 0.3) is 0 Å². The minimum absolute atomic E-state index is 0.0649.